The second-order valence-electron chi connectivity index (χ2n) is 10.2. The van der Waals surface area contributed by atoms with Gasteiger partial charge in [0.25, 0.3) is 10.0 Å². The van der Waals surface area contributed by atoms with E-state index in [4.69, 9.17) is 11.6 Å². The first-order valence-electron chi connectivity index (χ1n) is 13.7. The number of sulfonamides is 1. The van der Waals surface area contributed by atoms with Crippen molar-refractivity contribution in [2.24, 2.45) is 0 Å². The maximum Gasteiger partial charge on any atom is 0.264 e. The van der Waals surface area contributed by atoms with Gasteiger partial charge in [-0.25, -0.2) is 8.42 Å². The highest BCUT2D eigenvalue weighted by atomic mass is 35.5. The molecule has 1 fully saturated rings. The van der Waals surface area contributed by atoms with E-state index in [0.717, 1.165) is 41.1 Å². The van der Waals surface area contributed by atoms with Gasteiger partial charge in [0, 0.05) is 17.6 Å². The molecule has 1 N–H and O–H groups in total. The highest BCUT2D eigenvalue weighted by molar-refractivity contribution is 7.92. The summed E-state index contributed by atoms with van der Waals surface area (Å²) in [5.41, 5.74) is 2.07. The SMILES string of the molecule is CC[C@@H](C(=O)NC1CCCC1)N(Cc1ccccc1)C(=O)CN(c1ccc(Cl)cc1)S(=O)(=O)c1ccc(C)cc1. The van der Waals surface area contributed by atoms with Gasteiger partial charge in [0.2, 0.25) is 11.8 Å². The zero-order chi connectivity index (χ0) is 28.7. The molecule has 0 radical (unpaired) electrons. The van der Waals surface area contributed by atoms with E-state index in [1.807, 2.05) is 44.2 Å². The molecule has 3 aromatic carbocycles. The van der Waals surface area contributed by atoms with Gasteiger partial charge in [-0.3, -0.25) is 13.9 Å². The molecule has 1 aliphatic rings. The van der Waals surface area contributed by atoms with E-state index < -0.39 is 28.5 Å². The minimum Gasteiger partial charge on any atom is -0.352 e. The van der Waals surface area contributed by atoms with Gasteiger partial charge in [0.1, 0.15) is 12.6 Å². The molecule has 2 amide bonds. The van der Waals surface area contributed by atoms with Crippen LogP contribution in [0.2, 0.25) is 5.02 Å². The Labute approximate surface area is 242 Å². The summed E-state index contributed by atoms with van der Waals surface area (Å²) < 4.78 is 28.9. The van der Waals surface area contributed by atoms with Crippen molar-refractivity contribution in [1.29, 1.82) is 0 Å². The summed E-state index contributed by atoms with van der Waals surface area (Å²) in [6.07, 6.45) is 4.38. The van der Waals surface area contributed by atoms with Gasteiger partial charge in [-0.05, 0) is 68.1 Å². The lowest BCUT2D eigenvalue weighted by Crippen LogP contribution is -2.53. The van der Waals surface area contributed by atoms with Crippen LogP contribution in [0.1, 0.15) is 50.2 Å². The summed E-state index contributed by atoms with van der Waals surface area (Å²) in [6.45, 7) is 3.44. The van der Waals surface area contributed by atoms with Crippen molar-refractivity contribution < 1.29 is 18.0 Å². The molecule has 9 heteroatoms. The minimum atomic E-state index is -4.11. The van der Waals surface area contributed by atoms with E-state index in [1.165, 1.54) is 17.0 Å². The quantitative estimate of drug-likeness (QED) is 0.314. The van der Waals surface area contributed by atoms with E-state index >= 15 is 0 Å². The number of benzene rings is 3. The third-order valence-corrected chi connectivity index (χ3v) is 9.33. The number of nitrogens with one attached hydrogen (secondary N) is 1. The lowest BCUT2D eigenvalue weighted by molar-refractivity contribution is -0.140. The maximum absolute atomic E-state index is 14.1. The van der Waals surface area contributed by atoms with Gasteiger partial charge in [-0.15, -0.1) is 0 Å². The largest absolute Gasteiger partial charge is 0.352 e. The number of amides is 2. The van der Waals surface area contributed by atoms with Crippen molar-refractivity contribution >= 4 is 39.1 Å². The van der Waals surface area contributed by atoms with Crippen LogP contribution in [0.4, 0.5) is 5.69 Å². The topological polar surface area (TPSA) is 86.8 Å². The molecule has 3 aromatic rings. The summed E-state index contributed by atoms with van der Waals surface area (Å²) in [6, 6.07) is 21.6. The fraction of sp³-hybridized carbons (Fsp3) is 0.355. The van der Waals surface area contributed by atoms with Crippen LogP contribution < -0.4 is 9.62 Å². The molecule has 212 valence electrons. The number of anilines is 1. The zero-order valence-electron chi connectivity index (χ0n) is 22.9. The normalized spacial score (nSPS) is 14.5. The van der Waals surface area contributed by atoms with E-state index in [-0.39, 0.29) is 23.4 Å². The Bertz CT molecular complexity index is 1390. The summed E-state index contributed by atoms with van der Waals surface area (Å²) in [5, 5.41) is 3.57. The Balaban J connectivity index is 1.69. The maximum atomic E-state index is 14.1. The van der Waals surface area contributed by atoms with Gasteiger partial charge in [-0.2, -0.15) is 0 Å². The molecule has 0 unspecified atom stereocenters. The molecule has 0 saturated heterocycles. The Morgan fingerprint density at radius 3 is 2.17 bits per heavy atom. The van der Waals surface area contributed by atoms with Crippen LogP contribution in [0, 0.1) is 6.92 Å². The fourth-order valence-corrected chi connectivity index (χ4v) is 6.58. The first-order chi connectivity index (χ1) is 19.2. The molecular weight excluding hydrogens is 546 g/mol. The van der Waals surface area contributed by atoms with Crippen molar-refractivity contribution in [1.82, 2.24) is 10.2 Å². The molecule has 40 heavy (non-hydrogen) atoms. The highest BCUT2D eigenvalue weighted by Gasteiger charge is 2.34. The molecule has 0 heterocycles. The van der Waals surface area contributed by atoms with Crippen molar-refractivity contribution in [2.45, 2.75) is 69.5 Å². The Kier molecular flexibility index (Phi) is 9.87. The molecule has 0 aliphatic heterocycles. The lowest BCUT2D eigenvalue weighted by Gasteiger charge is -2.33. The summed E-state index contributed by atoms with van der Waals surface area (Å²) in [4.78, 5) is 29.1. The Morgan fingerprint density at radius 2 is 1.57 bits per heavy atom. The molecule has 4 rings (SSSR count). The first-order valence-corrected chi connectivity index (χ1v) is 15.5. The average molecular weight is 582 g/mol. The second-order valence-corrected chi connectivity index (χ2v) is 12.5. The predicted octanol–water partition coefficient (Wildman–Crippen LogP) is 5.71. The van der Waals surface area contributed by atoms with Gasteiger partial charge >= 0.3 is 0 Å². The van der Waals surface area contributed by atoms with Gasteiger partial charge in [0.05, 0.1) is 10.6 Å². The van der Waals surface area contributed by atoms with Crippen LogP contribution in [0.5, 0.6) is 0 Å². The second kappa shape index (κ2) is 13.3. The molecule has 1 aliphatic carbocycles. The monoisotopic (exact) mass is 581 g/mol. The molecule has 0 aromatic heterocycles. The number of hydrogen-bond donors (Lipinski definition) is 1. The van der Waals surface area contributed by atoms with Crippen molar-refractivity contribution in [3.63, 3.8) is 0 Å². The standard InChI is InChI=1S/C31H36ClN3O4S/c1-3-29(31(37)33-26-11-7-8-12-26)34(21-24-9-5-4-6-10-24)30(36)22-35(27-17-15-25(32)16-18-27)40(38,39)28-19-13-23(2)14-20-28/h4-6,9-10,13-20,26,29H,3,7-8,11-12,21-22H2,1-2H3,(H,33,37)/t29-/m0/s1. The van der Waals surface area contributed by atoms with E-state index in [9.17, 15) is 18.0 Å². The molecule has 1 saturated carbocycles. The summed E-state index contributed by atoms with van der Waals surface area (Å²) in [7, 11) is -4.11. The number of carbonyl (C=O) groups excluding carboxylic acids is 2. The number of halogens is 1. The first kappa shape index (κ1) is 29.6. The number of nitrogens with zero attached hydrogens (tertiary/aromatic N) is 2. The van der Waals surface area contributed by atoms with Crippen LogP contribution >= 0.6 is 11.6 Å². The molecule has 1 atom stereocenters. The third-order valence-electron chi connectivity index (χ3n) is 7.29. The Morgan fingerprint density at radius 1 is 0.950 bits per heavy atom. The van der Waals surface area contributed by atoms with E-state index in [0.29, 0.717) is 17.1 Å². The van der Waals surface area contributed by atoms with Crippen LogP contribution in [0.25, 0.3) is 0 Å². The lowest BCUT2D eigenvalue weighted by atomic mass is 10.1. The predicted molar refractivity (Wildman–Crippen MR) is 159 cm³/mol. The van der Waals surface area contributed by atoms with E-state index in [2.05, 4.69) is 5.32 Å². The highest BCUT2D eigenvalue weighted by Crippen LogP contribution is 2.27. The van der Waals surface area contributed by atoms with Gasteiger partial charge in [0.15, 0.2) is 0 Å². The zero-order valence-corrected chi connectivity index (χ0v) is 24.5. The van der Waals surface area contributed by atoms with Crippen molar-refractivity contribution in [2.75, 3.05) is 10.8 Å². The smallest absolute Gasteiger partial charge is 0.264 e. The number of aryl methyl sites for hydroxylation is 1. The minimum absolute atomic E-state index is 0.0708. The van der Waals surface area contributed by atoms with Crippen molar-refractivity contribution in [3.05, 3.63) is 95.0 Å². The fourth-order valence-electron chi connectivity index (χ4n) is 5.04. The average Bonchev–Trinajstić information content (AvgIpc) is 3.46. The van der Waals surface area contributed by atoms with Crippen LogP contribution in [0.15, 0.2) is 83.8 Å². The van der Waals surface area contributed by atoms with Crippen LogP contribution in [0.3, 0.4) is 0 Å². The summed E-state index contributed by atoms with van der Waals surface area (Å²) in [5.74, 6) is -0.680. The molecular formula is C31H36ClN3O4S. The molecule has 0 spiro atoms. The number of carbonyl (C=O) groups is 2. The van der Waals surface area contributed by atoms with Crippen LogP contribution in [-0.2, 0) is 26.2 Å². The number of rotatable bonds is 11. The van der Waals surface area contributed by atoms with E-state index in [1.54, 1.807) is 36.4 Å². The number of hydrogen-bond acceptors (Lipinski definition) is 4. The molecule has 7 nitrogen and oxygen atoms in total. The molecule has 0 bridgehead atoms. The van der Waals surface area contributed by atoms with Crippen LogP contribution in [-0.4, -0.2) is 43.8 Å². The summed E-state index contributed by atoms with van der Waals surface area (Å²) >= 11 is 6.09. The third kappa shape index (κ3) is 7.23. The van der Waals surface area contributed by atoms with Crippen molar-refractivity contribution in [3.8, 4) is 0 Å². The van der Waals surface area contributed by atoms with Gasteiger partial charge in [-0.1, -0.05) is 79.4 Å². The Hall–Kier alpha value is -3.36. The van der Waals surface area contributed by atoms with Gasteiger partial charge < -0.3 is 10.2 Å².